The number of ether oxygens (including phenoxy) is 1. The minimum atomic E-state index is -0.290. The zero-order valence-electron chi connectivity index (χ0n) is 9.05. The minimum absolute atomic E-state index is 0.290. The van der Waals surface area contributed by atoms with E-state index in [4.69, 9.17) is 4.74 Å². The third-order valence-electron chi connectivity index (χ3n) is 1.91. The first kappa shape index (κ1) is 12.9. The summed E-state index contributed by atoms with van der Waals surface area (Å²) in [7, 11) is 0. The lowest BCUT2D eigenvalue weighted by Gasteiger charge is -2.04. The molecule has 0 spiro atoms. The van der Waals surface area contributed by atoms with Crippen LogP contribution in [0.3, 0.4) is 0 Å². The highest BCUT2D eigenvalue weighted by atomic mass is 16.5. The zero-order valence-corrected chi connectivity index (χ0v) is 9.05. The molecule has 14 heavy (non-hydrogen) atoms. The van der Waals surface area contributed by atoms with E-state index in [0.29, 0.717) is 18.6 Å². The molecule has 0 bridgehead atoms. The Morgan fingerprint density at radius 3 is 2.64 bits per heavy atom. The Hall–Kier alpha value is -1.05. The molecule has 0 saturated carbocycles. The number of rotatable bonds is 8. The molecule has 0 aliphatic rings. The second-order valence-electron chi connectivity index (χ2n) is 3.29. The Morgan fingerprint density at radius 2 is 2.07 bits per heavy atom. The molecule has 0 heterocycles. The zero-order chi connectivity index (χ0) is 10.8. The van der Waals surface area contributed by atoms with Crippen LogP contribution in [-0.4, -0.2) is 12.6 Å². The summed E-state index contributed by atoms with van der Waals surface area (Å²) >= 11 is 0. The average Bonchev–Trinajstić information content (AvgIpc) is 2.17. The van der Waals surface area contributed by atoms with Crippen molar-refractivity contribution in [2.24, 2.45) is 0 Å². The van der Waals surface area contributed by atoms with Crippen molar-refractivity contribution < 1.29 is 9.53 Å². The fourth-order valence-corrected chi connectivity index (χ4v) is 1.05. The second kappa shape index (κ2) is 8.54. The van der Waals surface area contributed by atoms with Gasteiger partial charge in [-0.05, 0) is 12.8 Å². The maximum absolute atomic E-state index is 11.2. The summed E-state index contributed by atoms with van der Waals surface area (Å²) in [6.45, 7) is 9.81. The predicted octanol–water partition coefficient (Wildman–Crippen LogP) is 3.24. The standard InChI is InChI=1S/C12H20O2/c1-4-6-7-8-10-14-12(13)11(3)9-5-2/h5H,2-4,6-10H2,1H3. The summed E-state index contributed by atoms with van der Waals surface area (Å²) in [6.07, 6.45) is 6.62. The van der Waals surface area contributed by atoms with Gasteiger partial charge in [0.05, 0.1) is 6.61 Å². The Morgan fingerprint density at radius 1 is 1.36 bits per heavy atom. The van der Waals surface area contributed by atoms with Gasteiger partial charge in [0.2, 0.25) is 0 Å². The Kier molecular flexibility index (Phi) is 7.90. The third-order valence-corrected chi connectivity index (χ3v) is 1.91. The van der Waals surface area contributed by atoms with E-state index >= 15 is 0 Å². The third kappa shape index (κ3) is 6.46. The van der Waals surface area contributed by atoms with Crippen molar-refractivity contribution in [3.63, 3.8) is 0 Å². The van der Waals surface area contributed by atoms with Crippen LogP contribution < -0.4 is 0 Å². The summed E-state index contributed by atoms with van der Waals surface area (Å²) in [4.78, 5) is 11.2. The average molecular weight is 196 g/mol. The van der Waals surface area contributed by atoms with E-state index in [0.717, 1.165) is 12.8 Å². The number of carbonyl (C=O) groups excluding carboxylic acids is 1. The molecule has 2 heteroatoms. The number of hydrogen-bond acceptors (Lipinski definition) is 2. The fraction of sp³-hybridized carbons (Fsp3) is 0.583. The fourth-order valence-electron chi connectivity index (χ4n) is 1.05. The quantitative estimate of drug-likeness (QED) is 0.258. The van der Waals surface area contributed by atoms with E-state index in [1.165, 1.54) is 12.8 Å². The lowest BCUT2D eigenvalue weighted by Crippen LogP contribution is -2.07. The van der Waals surface area contributed by atoms with Gasteiger partial charge in [0.25, 0.3) is 0 Å². The lowest BCUT2D eigenvalue weighted by atomic mass is 10.2. The van der Waals surface area contributed by atoms with Gasteiger partial charge in [-0.25, -0.2) is 4.79 Å². The second-order valence-corrected chi connectivity index (χ2v) is 3.29. The highest BCUT2D eigenvalue weighted by Gasteiger charge is 2.05. The molecular weight excluding hydrogens is 176 g/mol. The van der Waals surface area contributed by atoms with Crippen molar-refractivity contribution in [1.29, 1.82) is 0 Å². The van der Waals surface area contributed by atoms with Crippen LogP contribution in [0.4, 0.5) is 0 Å². The molecule has 0 unspecified atom stereocenters. The van der Waals surface area contributed by atoms with Crippen molar-refractivity contribution in [3.8, 4) is 0 Å². The lowest BCUT2D eigenvalue weighted by molar-refractivity contribution is -0.139. The molecule has 2 nitrogen and oxygen atoms in total. The van der Waals surface area contributed by atoms with Crippen LogP contribution in [-0.2, 0) is 9.53 Å². The van der Waals surface area contributed by atoms with Gasteiger partial charge >= 0.3 is 5.97 Å². The molecule has 0 aromatic rings. The largest absolute Gasteiger partial charge is 0.462 e. The van der Waals surface area contributed by atoms with Crippen molar-refractivity contribution in [2.45, 2.75) is 39.0 Å². The number of unbranched alkanes of at least 4 members (excludes halogenated alkanes) is 3. The van der Waals surface area contributed by atoms with Gasteiger partial charge in [0, 0.05) is 5.57 Å². The van der Waals surface area contributed by atoms with Crippen LogP contribution in [0.2, 0.25) is 0 Å². The summed E-state index contributed by atoms with van der Waals surface area (Å²) in [5.74, 6) is -0.290. The normalized spacial score (nSPS) is 9.50. The molecule has 0 aromatic carbocycles. The minimum Gasteiger partial charge on any atom is -0.462 e. The SMILES string of the molecule is C=CCC(=C)C(=O)OCCCCCC. The Balaban J connectivity index is 3.44. The van der Waals surface area contributed by atoms with Gasteiger partial charge in [0.1, 0.15) is 0 Å². The predicted molar refractivity (Wildman–Crippen MR) is 59.1 cm³/mol. The van der Waals surface area contributed by atoms with Gasteiger partial charge in [-0.1, -0.05) is 38.8 Å². The molecular formula is C12H20O2. The Labute approximate surface area is 86.6 Å². The van der Waals surface area contributed by atoms with Gasteiger partial charge in [0.15, 0.2) is 0 Å². The number of allylic oxidation sites excluding steroid dienone is 1. The van der Waals surface area contributed by atoms with Crippen molar-refractivity contribution in [3.05, 3.63) is 24.8 Å². The van der Waals surface area contributed by atoms with Gasteiger partial charge in [-0.3, -0.25) is 0 Å². The maximum atomic E-state index is 11.2. The van der Waals surface area contributed by atoms with Crippen LogP contribution >= 0.6 is 0 Å². The molecule has 0 radical (unpaired) electrons. The summed E-state index contributed by atoms with van der Waals surface area (Å²) in [5.41, 5.74) is 0.482. The molecule has 0 aromatic heterocycles. The summed E-state index contributed by atoms with van der Waals surface area (Å²) in [5, 5.41) is 0. The number of esters is 1. The highest BCUT2D eigenvalue weighted by Crippen LogP contribution is 2.04. The first-order chi connectivity index (χ1) is 6.72. The smallest absolute Gasteiger partial charge is 0.333 e. The molecule has 0 aliphatic heterocycles. The van der Waals surface area contributed by atoms with Crippen molar-refractivity contribution in [1.82, 2.24) is 0 Å². The number of carbonyl (C=O) groups is 1. The summed E-state index contributed by atoms with van der Waals surface area (Å²) in [6, 6.07) is 0. The van der Waals surface area contributed by atoms with Gasteiger partial charge < -0.3 is 4.74 Å². The number of hydrogen-bond donors (Lipinski definition) is 0. The maximum Gasteiger partial charge on any atom is 0.333 e. The molecule has 0 saturated heterocycles. The first-order valence-corrected chi connectivity index (χ1v) is 5.18. The monoisotopic (exact) mass is 196 g/mol. The van der Waals surface area contributed by atoms with Gasteiger partial charge in [-0.15, -0.1) is 6.58 Å². The van der Waals surface area contributed by atoms with E-state index in [1.54, 1.807) is 6.08 Å². The molecule has 80 valence electrons. The van der Waals surface area contributed by atoms with Crippen LogP contribution in [0.1, 0.15) is 39.0 Å². The van der Waals surface area contributed by atoms with Crippen molar-refractivity contribution >= 4 is 5.97 Å². The van der Waals surface area contributed by atoms with E-state index in [1.807, 2.05) is 0 Å². The molecule has 0 rings (SSSR count). The van der Waals surface area contributed by atoms with Crippen LogP contribution in [0.15, 0.2) is 24.8 Å². The van der Waals surface area contributed by atoms with Crippen LogP contribution in [0.25, 0.3) is 0 Å². The molecule has 0 aliphatic carbocycles. The molecule has 0 fully saturated rings. The molecule has 0 atom stereocenters. The topological polar surface area (TPSA) is 26.3 Å². The van der Waals surface area contributed by atoms with E-state index in [9.17, 15) is 4.79 Å². The molecule has 0 amide bonds. The van der Waals surface area contributed by atoms with E-state index < -0.39 is 0 Å². The van der Waals surface area contributed by atoms with E-state index in [-0.39, 0.29) is 5.97 Å². The highest BCUT2D eigenvalue weighted by molar-refractivity contribution is 5.87. The van der Waals surface area contributed by atoms with Crippen LogP contribution in [0, 0.1) is 0 Å². The van der Waals surface area contributed by atoms with E-state index in [2.05, 4.69) is 20.1 Å². The van der Waals surface area contributed by atoms with Gasteiger partial charge in [-0.2, -0.15) is 0 Å². The van der Waals surface area contributed by atoms with Crippen LogP contribution in [0.5, 0.6) is 0 Å². The summed E-state index contributed by atoms with van der Waals surface area (Å²) < 4.78 is 5.02. The molecule has 0 N–H and O–H groups in total. The first-order valence-electron chi connectivity index (χ1n) is 5.18. The Bertz CT molecular complexity index is 194. The van der Waals surface area contributed by atoms with Crippen molar-refractivity contribution in [2.75, 3.05) is 6.61 Å².